The number of hydrogen-bond acceptors (Lipinski definition) is 3. The molecule has 0 aromatic carbocycles. The van der Waals surface area contributed by atoms with Crippen LogP contribution in [0.25, 0.3) is 0 Å². The lowest BCUT2D eigenvalue weighted by Crippen LogP contribution is -2.14. The highest BCUT2D eigenvalue weighted by molar-refractivity contribution is 7.09. The second kappa shape index (κ2) is 4.41. The maximum absolute atomic E-state index is 5.57. The fourth-order valence-electron chi connectivity index (χ4n) is 2.27. The van der Waals surface area contributed by atoms with Gasteiger partial charge in [0.1, 0.15) is 0 Å². The molecule has 1 aromatic rings. The van der Waals surface area contributed by atoms with E-state index in [9.17, 15) is 0 Å². The predicted molar refractivity (Wildman–Crippen MR) is 60.4 cm³/mol. The van der Waals surface area contributed by atoms with E-state index in [0.29, 0.717) is 12.5 Å². The summed E-state index contributed by atoms with van der Waals surface area (Å²) in [5.74, 6) is 1.51. The Morgan fingerprint density at radius 2 is 2.29 bits per heavy atom. The largest absolute Gasteiger partial charge is 0.325 e. The quantitative estimate of drug-likeness (QED) is 0.815. The van der Waals surface area contributed by atoms with Gasteiger partial charge in [0.25, 0.3) is 0 Å². The molecule has 1 heterocycles. The van der Waals surface area contributed by atoms with Crippen LogP contribution in [0.3, 0.4) is 0 Å². The van der Waals surface area contributed by atoms with Gasteiger partial charge in [0, 0.05) is 17.8 Å². The van der Waals surface area contributed by atoms with Crippen molar-refractivity contribution >= 4 is 11.3 Å². The van der Waals surface area contributed by atoms with Gasteiger partial charge in [-0.05, 0) is 12.3 Å². The Labute approximate surface area is 89.5 Å². The van der Waals surface area contributed by atoms with Crippen LogP contribution in [0.5, 0.6) is 0 Å². The average molecular weight is 210 g/mol. The fraction of sp³-hybridized carbons (Fsp3) is 0.727. The zero-order valence-corrected chi connectivity index (χ0v) is 9.52. The second-order valence-electron chi connectivity index (χ2n) is 4.25. The normalized spacial score (nSPS) is 27.9. The highest BCUT2D eigenvalue weighted by Gasteiger charge is 2.25. The molecule has 78 valence electrons. The van der Waals surface area contributed by atoms with E-state index >= 15 is 0 Å². The number of aromatic nitrogens is 1. The van der Waals surface area contributed by atoms with Crippen molar-refractivity contribution in [3.63, 3.8) is 0 Å². The number of nitrogens with two attached hydrogens (primary N) is 1. The molecule has 0 spiro atoms. The van der Waals surface area contributed by atoms with Gasteiger partial charge in [-0.15, -0.1) is 11.3 Å². The third-order valence-corrected chi connectivity index (χ3v) is 4.23. The summed E-state index contributed by atoms with van der Waals surface area (Å²) in [7, 11) is 0. The van der Waals surface area contributed by atoms with Crippen LogP contribution in [-0.2, 0) is 6.54 Å². The minimum Gasteiger partial charge on any atom is -0.325 e. The van der Waals surface area contributed by atoms with Crippen LogP contribution >= 0.6 is 11.3 Å². The summed E-state index contributed by atoms with van der Waals surface area (Å²) in [4.78, 5) is 4.60. The molecule has 2 atom stereocenters. The molecule has 2 nitrogen and oxygen atoms in total. The van der Waals surface area contributed by atoms with Crippen LogP contribution in [0.1, 0.15) is 49.2 Å². The molecule has 0 amide bonds. The van der Waals surface area contributed by atoms with Gasteiger partial charge in [-0.2, -0.15) is 0 Å². The Kier molecular flexibility index (Phi) is 3.19. The summed E-state index contributed by atoms with van der Waals surface area (Å²) in [6.45, 7) is 2.94. The first-order valence-electron chi connectivity index (χ1n) is 5.45. The summed E-state index contributed by atoms with van der Waals surface area (Å²) in [6, 6.07) is 0. The van der Waals surface area contributed by atoms with Crippen molar-refractivity contribution in [2.24, 2.45) is 11.7 Å². The van der Waals surface area contributed by atoms with Gasteiger partial charge in [0.2, 0.25) is 0 Å². The molecule has 1 aliphatic rings. The van der Waals surface area contributed by atoms with Crippen LogP contribution in [-0.4, -0.2) is 4.98 Å². The lowest BCUT2D eigenvalue weighted by atomic mass is 9.81. The van der Waals surface area contributed by atoms with E-state index in [2.05, 4.69) is 17.3 Å². The molecular weight excluding hydrogens is 192 g/mol. The van der Waals surface area contributed by atoms with Crippen molar-refractivity contribution in [2.45, 2.75) is 45.1 Å². The van der Waals surface area contributed by atoms with Crippen molar-refractivity contribution in [1.29, 1.82) is 0 Å². The van der Waals surface area contributed by atoms with E-state index in [1.54, 1.807) is 11.3 Å². The van der Waals surface area contributed by atoms with E-state index in [1.165, 1.54) is 30.7 Å². The highest BCUT2D eigenvalue weighted by atomic mass is 32.1. The van der Waals surface area contributed by atoms with Crippen LogP contribution < -0.4 is 5.73 Å². The smallest absolute Gasteiger partial charge is 0.0962 e. The summed E-state index contributed by atoms with van der Waals surface area (Å²) < 4.78 is 0. The molecule has 14 heavy (non-hydrogen) atoms. The molecule has 1 aromatic heterocycles. The Morgan fingerprint density at radius 3 is 2.93 bits per heavy atom. The lowest BCUT2D eigenvalue weighted by molar-refractivity contribution is 0.329. The Balaban J connectivity index is 2.12. The van der Waals surface area contributed by atoms with Crippen LogP contribution in [0.15, 0.2) is 5.38 Å². The molecule has 1 aliphatic carbocycles. The van der Waals surface area contributed by atoms with Gasteiger partial charge >= 0.3 is 0 Å². The van der Waals surface area contributed by atoms with E-state index in [1.807, 2.05) is 0 Å². The third-order valence-electron chi connectivity index (χ3n) is 3.21. The van der Waals surface area contributed by atoms with Gasteiger partial charge in [0.05, 0.1) is 10.7 Å². The van der Waals surface area contributed by atoms with E-state index < -0.39 is 0 Å². The highest BCUT2D eigenvalue weighted by Crippen LogP contribution is 2.38. The van der Waals surface area contributed by atoms with Crippen molar-refractivity contribution in [3.05, 3.63) is 16.1 Å². The molecule has 0 radical (unpaired) electrons. The zero-order chi connectivity index (χ0) is 9.97. The molecule has 2 unspecified atom stereocenters. The summed E-state index contributed by atoms with van der Waals surface area (Å²) >= 11 is 1.79. The van der Waals surface area contributed by atoms with Crippen LogP contribution in [0.2, 0.25) is 0 Å². The van der Waals surface area contributed by atoms with Gasteiger partial charge in [-0.3, -0.25) is 0 Å². The maximum atomic E-state index is 5.57. The van der Waals surface area contributed by atoms with Gasteiger partial charge in [0.15, 0.2) is 0 Å². The SMILES string of the molecule is CC1CCCCC1c1nc(CN)cs1. The molecule has 1 saturated carbocycles. The lowest BCUT2D eigenvalue weighted by Gasteiger charge is -2.26. The first kappa shape index (κ1) is 10.1. The number of rotatable bonds is 2. The zero-order valence-electron chi connectivity index (χ0n) is 8.70. The standard InChI is InChI=1S/C11H18N2S/c1-8-4-2-3-5-10(8)11-13-9(6-12)7-14-11/h7-8,10H,2-6,12H2,1H3. The molecule has 0 saturated heterocycles. The molecular formula is C11H18N2S. The first-order chi connectivity index (χ1) is 6.81. The number of hydrogen-bond donors (Lipinski definition) is 1. The molecule has 2 rings (SSSR count). The van der Waals surface area contributed by atoms with Crippen molar-refractivity contribution in [3.8, 4) is 0 Å². The van der Waals surface area contributed by atoms with Gasteiger partial charge in [-0.1, -0.05) is 26.2 Å². The summed E-state index contributed by atoms with van der Waals surface area (Å²) in [6.07, 6.45) is 5.44. The van der Waals surface area contributed by atoms with Gasteiger partial charge in [-0.25, -0.2) is 4.98 Å². The molecule has 0 aliphatic heterocycles. The topological polar surface area (TPSA) is 38.9 Å². The minimum atomic E-state index is 0.581. The Morgan fingerprint density at radius 1 is 1.50 bits per heavy atom. The van der Waals surface area contributed by atoms with Crippen molar-refractivity contribution in [1.82, 2.24) is 4.98 Å². The van der Waals surface area contributed by atoms with Crippen LogP contribution in [0.4, 0.5) is 0 Å². The van der Waals surface area contributed by atoms with Gasteiger partial charge < -0.3 is 5.73 Å². The van der Waals surface area contributed by atoms with E-state index in [-0.39, 0.29) is 0 Å². The van der Waals surface area contributed by atoms with Crippen molar-refractivity contribution < 1.29 is 0 Å². The first-order valence-corrected chi connectivity index (χ1v) is 6.33. The fourth-order valence-corrected chi connectivity index (χ4v) is 3.37. The minimum absolute atomic E-state index is 0.581. The summed E-state index contributed by atoms with van der Waals surface area (Å²) in [5.41, 5.74) is 6.63. The van der Waals surface area contributed by atoms with E-state index in [0.717, 1.165) is 11.6 Å². The predicted octanol–water partition coefficient (Wildman–Crippen LogP) is 2.90. The summed E-state index contributed by atoms with van der Waals surface area (Å²) in [5, 5.41) is 3.43. The number of nitrogens with zero attached hydrogens (tertiary/aromatic N) is 1. The molecule has 0 bridgehead atoms. The number of thiazole rings is 1. The Bertz CT molecular complexity index is 295. The monoisotopic (exact) mass is 210 g/mol. The van der Waals surface area contributed by atoms with Crippen LogP contribution in [0, 0.1) is 5.92 Å². The molecule has 1 fully saturated rings. The maximum Gasteiger partial charge on any atom is 0.0962 e. The third kappa shape index (κ3) is 1.98. The van der Waals surface area contributed by atoms with E-state index in [4.69, 9.17) is 5.73 Å². The Hall–Kier alpha value is -0.410. The second-order valence-corrected chi connectivity index (χ2v) is 5.14. The average Bonchev–Trinajstić information content (AvgIpc) is 2.67. The van der Waals surface area contributed by atoms with Crippen molar-refractivity contribution in [2.75, 3.05) is 0 Å². The molecule has 3 heteroatoms. The molecule has 2 N–H and O–H groups in total.